The van der Waals surface area contributed by atoms with E-state index < -0.39 is 18.0 Å². The zero-order valence-corrected chi connectivity index (χ0v) is 16.9. The molecule has 1 unspecified atom stereocenters. The minimum Gasteiger partial charge on any atom is -0.486 e. The van der Waals surface area contributed by atoms with Crippen molar-refractivity contribution in [2.45, 2.75) is 32.9 Å². The summed E-state index contributed by atoms with van der Waals surface area (Å²) in [7, 11) is 0. The molecule has 0 saturated heterocycles. The van der Waals surface area contributed by atoms with Gasteiger partial charge in [-0.3, -0.25) is 4.79 Å². The zero-order chi connectivity index (χ0) is 21.3. The maximum absolute atomic E-state index is 12.5. The molecular weight excluding hydrogens is 388 g/mol. The molecule has 1 atom stereocenters. The first-order valence-electron chi connectivity index (χ1n) is 9.67. The lowest BCUT2D eigenvalue weighted by atomic mass is 10.2. The van der Waals surface area contributed by atoms with Crippen LogP contribution < -0.4 is 14.8 Å². The van der Waals surface area contributed by atoms with Crippen molar-refractivity contribution in [3.05, 3.63) is 42.2 Å². The third kappa shape index (κ3) is 3.91. The average Bonchev–Trinajstić information content (AvgIpc) is 3.17. The Hall–Kier alpha value is -3.62. The molecule has 0 fully saturated rings. The van der Waals surface area contributed by atoms with Gasteiger partial charge in [0.05, 0.1) is 11.8 Å². The molecule has 9 heteroatoms. The van der Waals surface area contributed by atoms with Crippen molar-refractivity contribution in [1.82, 2.24) is 14.8 Å². The lowest BCUT2D eigenvalue weighted by Crippen LogP contribution is -2.30. The molecule has 4 rings (SSSR count). The lowest BCUT2D eigenvalue weighted by Gasteiger charge is -2.19. The fourth-order valence-corrected chi connectivity index (χ4v) is 3.08. The number of rotatable bonds is 5. The largest absolute Gasteiger partial charge is 0.486 e. The summed E-state index contributed by atoms with van der Waals surface area (Å²) in [4.78, 5) is 29.2. The monoisotopic (exact) mass is 410 g/mol. The summed E-state index contributed by atoms with van der Waals surface area (Å²) in [6.07, 6.45) is 2.08. The van der Waals surface area contributed by atoms with Gasteiger partial charge in [-0.05, 0) is 39.0 Å². The van der Waals surface area contributed by atoms with E-state index in [0.29, 0.717) is 36.0 Å². The topological polar surface area (TPSA) is 105 Å². The highest BCUT2D eigenvalue weighted by Crippen LogP contribution is 2.32. The van der Waals surface area contributed by atoms with Gasteiger partial charge in [-0.25, -0.2) is 14.5 Å². The Morgan fingerprint density at radius 2 is 1.87 bits per heavy atom. The number of hydrogen-bond acceptors (Lipinski definition) is 7. The second-order valence-corrected chi connectivity index (χ2v) is 7.21. The number of nitrogens with zero attached hydrogens (tertiary/aromatic N) is 3. The molecule has 156 valence electrons. The van der Waals surface area contributed by atoms with E-state index in [9.17, 15) is 9.59 Å². The van der Waals surface area contributed by atoms with E-state index in [4.69, 9.17) is 14.2 Å². The average molecular weight is 410 g/mol. The Balaban J connectivity index is 1.41. The van der Waals surface area contributed by atoms with Crippen molar-refractivity contribution in [1.29, 1.82) is 0 Å². The van der Waals surface area contributed by atoms with E-state index in [-0.39, 0.29) is 11.6 Å². The minimum absolute atomic E-state index is 0.150. The van der Waals surface area contributed by atoms with Gasteiger partial charge in [0.2, 0.25) is 0 Å². The van der Waals surface area contributed by atoms with Crippen LogP contribution in [0.1, 0.15) is 37.2 Å². The van der Waals surface area contributed by atoms with E-state index in [1.807, 2.05) is 13.8 Å². The van der Waals surface area contributed by atoms with Gasteiger partial charge in [-0.2, -0.15) is 5.10 Å². The first-order valence-corrected chi connectivity index (χ1v) is 9.67. The van der Waals surface area contributed by atoms with Crippen LogP contribution in [0.5, 0.6) is 11.5 Å². The molecule has 0 spiro atoms. The predicted molar refractivity (Wildman–Crippen MR) is 109 cm³/mol. The summed E-state index contributed by atoms with van der Waals surface area (Å²) in [6.45, 7) is 6.45. The van der Waals surface area contributed by atoms with E-state index in [1.54, 1.807) is 35.1 Å². The first-order chi connectivity index (χ1) is 14.4. The molecular formula is C21H22N4O5. The second kappa shape index (κ2) is 8.02. The number of ether oxygens (including phenoxy) is 3. The van der Waals surface area contributed by atoms with E-state index >= 15 is 0 Å². The van der Waals surface area contributed by atoms with Gasteiger partial charge in [-0.15, -0.1) is 0 Å². The quantitative estimate of drug-likeness (QED) is 0.645. The molecule has 3 heterocycles. The van der Waals surface area contributed by atoms with Crippen LogP contribution >= 0.6 is 0 Å². The number of benzene rings is 1. The molecule has 1 amide bonds. The number of carbonyl (C=O) groups is 2. The lowest BCUT2D eigenvalue weighted by molar-refractivity contribution is -0.123. The molecule has 1 N–H and O–H groups in total. The standard InChI is InChI=1S/C21H22N4O5/c1-12(2)25-19-14(11-23-25)8-15(10-22-19)21(27)30-13(3)20(26)24-16-4-5-17-18(9-16)29-7-6-28-17/h4-5,8-13H,6-7H2,1-3H3,(H,24,26). The Bertz CT molecular complexity index is 1110. The molecule has 1 aromatic carbocycles. The van der Waals surface area contributed by atoms with Crippen molar-refractivity contribution in [2.24, 2.45) is 0 Å². The predicted octanol–water partition coefficient (Wildman–Crippen LogP) is 2.97. The van der Waals surface area contributed by atoms with Crippen LogP contribution in [0.15, 0.2) is 36.7 Å². The Morgan fingerprint density at radius 3 is 2.63 bits per heavy atom. The molecule has 0 bridgehead atoms. The van der Waals surface area contributed by atoms with Crippen molar-refractivity contribution in [2.75, 3.05) is 18.5 Å². The number of nitrogens with one attached hydrogen (secondary N) is 1. The van der Waals surface area contributed by atoms with Crippen molar-refractivity contribution in [3.8, 4) is 11.5 Å². The number of fused-ring (bicyclic) bond motifs is 2. The summed E-state index contributed by atoms with van der Waals surface area (Å²) in [6, 6.07) is 6.90. The number of esters is 1. The number of amides is 1. The summed E-state index contributed by atoms with van der Waals surface area (Å²) < 4.78 is 18.0. The Morgan fingerprint density at radius 1 is 1.10 bits per heavy atom. The molecule has 0 saturated carbocycles. The zero-order valence-electron chi connectivity index (χ0n) is 16.9. The van der Waals surface area contributed by atoms with E-state index in [0.717, 1.165) is 5.39 Å². The molecule has 0 aliphatic carbocycles. The van der Waals surface area contributed by atoms with Crippen LogP contribution in [0.4, 0.5) is 5.69 Å². The molecule has 1 aliphatic heterocycles. The second-order valence-electron chi connectivity index (χ2n) is 7.21. The van der Waals surface area contributed by atoms with Crippen LogP contribution in [-0.2, 0) is 9.53 Å². The van der Waals surface area contributed by atoms with Crippen LogP contribution in [0.2, 0.25) is 0 Å². The maximum Gasteiger partial charge on any atom is 0.340 e. The molecule has 1 aliphatic rings. The normalized spacial score (nSPS) is 13.9. The number of hydrogen-bond donors (Lipinski definition) is 1. The van der Waals surface area contributed by atoms with Crippen molar-refractivity contribution >= 4 is 28.6 Å². The van der Waals surface area contributed by atoms with Gasteiger partial charge in [0.1, 0.15) is 13.2 Å². The molecule has 3 aromatic rings. The fraction of sp³-hybridized carbons (Fsp3) is 0.333. The molecule has 2 aromatic heterocycles. The van der Waals surface area contributed by atoms with E-state index in [2.05, 4.69) is 15.4 Å². The minimum atomic E-state index is -1.00. The third-order valence-corrected chi connectivity index (χ3v) is 4.62. The van der Waals surface area contributed by atoms with Crippen LogP contribution in [-0.4, -0.2) is 46.0 Å². The number of anilines is 1. The van der Waals surface area contributed by atoms with Gasteiger partial charge in [0, 0.05) is 29.4 Å². The third-order valence-electron chi connectivity index (χ3n) is 4.62. The van der Waals surface area contributed by atoms with Gasteiger partial charge >= 0.3 is 5.97 Å². The highest BCUT2D eigenvalue weighted by Gasteiger charge is 2.21. The van der Waals surface area contributed by atoms with Gasteiger partial charge < -0.3 is 19.5 Å². The van der Waals surface area contributed by atoms with Crippen LogP contribution in [0.25, 0.3) is 11.0 Å². The number of carbonyl (C=O) groups excluding carboxylic acids is 2. The molecule has 30 heavy (non-hydrogen) atoms. The van der Waals surface area contributed by atoms with Gasteiger partial charge in [-0.1, -0.05) is 0 Å². The number of pyridine rings is 1. The Kier molecular flexibility index (Phi) is 5.26. The fourth-order valence-electron chi connectivity index (χ4n) is 3.08. The first kappa shape index (κ1) is 19.7. The maximum atomic E-state index is 12.5. The van der Waals surface area contributed by atoms with Crippen LogP contribution in [0, 0.1) is 0 Å². The summed E-state index contributed by atoms with van der Waals surface area (Å²) in [5, 5.41) is 7.72. The summed E-state index contributed by atoms with van der Waals surface area (Å²) >= 11 is 0. The highest BCUT2D eigenvalue weighted by molar-refractivity contribution is 5.98. The smallest absolute Gasteiger partial charge is 0.340 e. The number of aromatic nitrogens is 3. The Labute approximate surface area is 172 Å². The van der Waals surface area contributed by atoms with Crippen molar-refractivity contribution in [3.63, 3.8) is 0 Å². The summed E-state index contributed by atoms with van der Waals surface area (Å²) in [5.74, 6) is 0.0978. The summed E-state index contributed by atoms with van der Waals surface area (Å²) in [5.41, 5.74) is 1.46. The SMILES string of the molecule is CC(OC(=O)c1cnc2c(cnn2C(C)C)c1)C(=O)Nc1ccc2c(c1)OCCO2. The van der Waals surface area contributed by atoms with Gasteiger partial charge in [0.25, 0.3) is 5.91 Å². The molecule has 9 nitrogen and oxygen atoms in total. The highest BCUT2D eigenvalue weighted by atomic mass is 16.6. The van der Waals surface area contributed by atoms with Crippen molar-refractivity contribution < 1.29 is 23.8 Å². The van der Waals surface area contributed by atoms with E-state index in [1.165, 1.54) is 13.1 Å². The van der Waals surface area contributed by atoms with Crippen LogP contribution in [0.3, 0.4) is 0 Å². The van der Waals surface area contributed by atoms with Gasteiger partial charge in [0.15, 0.2) is 23.3 Å². The molecule has 0 radical (unpaired) electrons.